The van der Waals surface area contributed by atoms with E-state index in [2.05, 4.69) is 44.2 Å². The van der Waals surface area contributed by atoms with E-state index in [1.54, 1.807) is 0 Å². The number of likely N-dealkylation sites (N-methyl/N-ethyl adjacent to an activating group) is 1. The quantitative estimate of drug-likeness (QED) is 0.0288. The Kier molecular flexibility index (Phi) is 35.8. The molecular formula is C46H84NO7+. The molecule has 8 heteroatoms. The van der Waals surface area contributed by atoms with Gasteiger partial charge in [0.05, 0.1) is 34.4 Å². The Bertz CT molecular complexity index is 984. The number of hydrogen-bond donors (Lipinski definition) is 1. The molecule has 0 saturated carbocycles. The summed E-state index contributed by atoms with van der Waals surface area (Å²) in [5.41, 5.74) is 0. The lowest BCUT2D eigenvalue weighted by Crippen LogP contribution is -2.50. The van der Waals surface area contributed by atoms with Crippen molar-refractivity contribution in [3.05, 3.63) is 36.5 Å². The minimum atomic E-state index is -0.877. The zero-order chi connectivity index (χ0) is 40.0. The predicted octanol–water partition coefficient (Wildman–Crippen LogP) is 11.9. The standard InChI is InChI=1S/C46H83NO7/c1-6-8-10-12-14-16-18-20-21-22-23-25-27-29-31-33-35-37-45(49)54-42(40-52-39-38-43(46(50)51)47(3,4)5)41-53-44(48)36-34-32-30-28-26-24-19-17-15-13-11-9-7-2/h9,11,13,15,17,19,42-43H,6-8,10,12,14,16,18,20-41H2,1-5H3/p+1/b11-9+,15-13+,19-17+. The molecule has 0 rings (SSSR count). The Morgan fingerprint density at radius 2 is 1.04 bits per heavy atom. The van der Waals surface area contributed by atoms with Gasteiger partial charge in [0, 0.05) is 19.3 Å². The lowest BCUT2D eigenvalue weighted by molar-refractivity contribution is -0.887. The maximum Gasteiger partial charge on any atom is 0.362 e. The first-order chi connectivity index (χ1) is 26.1. The van der Waals surface area contributed by atoms with Gasteiger partial charge in [-0.1, -0.05) is 172 Å². The van der Waals surface area contributed by atoms with Crippen LogP contribution in [0.25, 0.3) is 0 Å². The summed E-state index contributed by atoms with van der Waals surface area (Å²) in [5, 5.41) is 9.61. The molecule has 1 N–H and O–H groups in total. The van der Waals surface area contributed by atoms with Crippen molar-refractivity contribution >= 4 is 17.9 Å². The van der Waals surface area contributed by atoms with E-state index in [0.717, 1.165) is 64.2 Å². The van der Waals surface area contributed by atoms with Gasteiger partial charge in [0.25, 0.3) is 0 Å². The average molecular weight is 763 g/mol. The number of hydrogen-bond acceptors (Lipinski definition) is 6. The second-order valence-corrected chi connectivity index (χ2v) is 16.0. The number of carboxylic acids is 1. The molecule has 0 saturated heterocycles. The van der Waals surface area contributed by atoms with E-state index in [1.807, 2.05) is 27.2 Å². The second-order valence-electron chi connectivity index (χ2n) is 16.0. The molecule has 0 spiro atoms. The topological polar surface area (TPSA) is 99.1 Å². The van der Waals surface area contributed by atoms with Gasteiger partial charge in [0.1, 0.15) is 6.61 Å². The predicted molar refractivity (Wildman–Crippen MR) is 225 cm³/mol. The SMILES string of the molecule is CC/C=C/C=C/C=C/CCCCCCCC(=O)OCC(COCCC(C(=O)O)[N+](C)(C)C)OC(=O)CCCCCCCCCCCCCCCCCCC. The summed E-state index contributed by atoms with van der Waals surface area (Å²) in [6.07, 6.45) is 41.8. The Labute approximate surface area is 332 Å². The Morgan fingerprint density at radius 1 is 0.574 bits per heavy atom. The molecule has 0 fully saturated rings. The molecule has 0 aliphatic heterocycles. The van der Waals surface area contributed by atoms with E-state index in [-0.39, 0.29) is 36.2 Å². The maximum absolute atomic E-state index is 12.7. The average Bonchev–Trinajstić information content (AvgIpc) is 3.12. The summed E-state index contributed by atoms with van der Waals surface area (Å²) >= 11 is 0. The third-order valence-corrected chi connectivity index (χ3v) is 9.87. The van der Waals surface area contributed by atoms with Crippen LogP contribution in [0.5, 0.6) is 0 Å². The molecule has 0 aromatic heterocycles. The number of quaternary nitrogens is 1. The summed E-state index contributed by atoms with van der Waals surface area (Å²) in [6, 6.07) is -0.616. The van der Waals surface area contributed by atoms with Crippen molar-refractivity contribution in [1.82, 2.24) is 0 Å². The molecule has 0 heterocycles. The summed E-state index contributed by atoms with van der Waals surface area (Å²) in [5.74, 6) is -1.49. The first kappa shape index (κ1) is 51.5. The highest BCUT2D eigenvalue weighted by molar-refractivity contribution is 5.72. The van der Waals surface area contributed by atoms with Gasteiger partial charge in [-0.05, 0) is 32.1 Å². The van der Waals surface area contributed by atoms with Crippen LogP contribution in [0.4, 0.5) is 0 Å². The van der Waals surface area contributed by atoms with E-state index >= 15 is 0 Å². The van der Waals surface area contributed by atoms with Gasteiger partial charge < -0.3 is 23.8 Å². The first-order valence-electron chi connectivity index (χ1n) is 22.1. The monoisotopic (exact) mass is 763 g/mol. The van der Waals surface area contributed by atoms with Crippen molar-refractivity contribution in [2.45, 2.75) is 199 Å². The largest absolute Gasteiger partial charge is 0.477 e. The number of aliphatic carboxylic acids is 1. The van der Waals surface area contributed by atoms with Crippen molar-refractivity contribution in [2.75, 3.05) is 41.0 Å². The maximum atomic E-state index is 12.7. The smallest absolute Gasteiger partial charge is 0.362 e. The molecule has 0 bridgehead atoms. The van der Waals surface area contributed by atoms with Crippen LogP contribution < -0.4 is 0 Å². The normalized spacial score (nSPS) is 13.3. The minimum Gasteiger partial charge on any atom is -0.477 e. The van der Waals surface area contributed by atoms with Gasteiger partial charge >= 0.3 is 17.9 Å². The van der Waals surface area contributed by atoms with Crippen LogP contribution >= 0.6 is 0 Å². The molecule has 54 heavy (non-hydrogen) atoms. The number of unbranched alkanes of at least 4 members (excludes halogenated alkanes) is 21. The van der Waals surface area contributed by atoms with Crippen molar-refractivity contribution in [3.8, 4) is 0 Å². The van der Waals surface area contributed by atoms with E-state index < -0.39 is 18.1 Å². The fourth-order valence-corrected chi connectivity index (χ4v) is 6.44. The number of ether oxygens (including phenoxy) is 3. The molecule has 0 radical (unpaired) electrons. The van der Waals surface area contributed by atoms with Crippen LogP contribution in [0, 0.1) is 0 Å². The zero-order valence-corrected chi connectivity index (χ0v) is 35.7. The van der Waals surface area contributed by atoms with Crippen molar-refractivity contribution in [2.24, 2.45) is 0 Å². The van der Waals surface area contributed by atoms with E-state index in [9.17, 15) is 19.5 Å². The number of carbonyl (C=O) groups is 3. The number of rotatable bonds is 39. The summed E-state index contributed by atoms with van der Waals surface area (Å²) < 4.78 is 17.3. The van der Waals surface area contributed by atoms with Crippen LogP contribution in [-0.2, 0) is 28.6 Å². The fourth-order valence-electron chi connectivity index (χ4n) is 6.44. The Hall–Kier alpha value is -2.45. The molecule has 0 amide bonds. The molecule has 2 unspecified atom stereocenters. The highest BCUT2D eigenvalue weighted by Gasteiger charge is 2.31. The molecule has 0 aromatic rings. The lowest BCUT2D eigenvalue weighted by atomic mass is 10.0. The zero-order valence-electron chi connectivity index (χ0n) is 35.7. The molecule has 0 aliphatic carbocycles. The summed E-state index contributed by atoms with van der Waals surface area (Å²) in [6.45, 7) is 4.59. The van der Waals surface area contributed by atoms with Gasteiger partial charge in [-0.2, -0.15) is 0 Å². The van der Waals surface area contributed by atoms with E-state index in [4.69, 9.17) is 14.2 Å². The summed E-state index contributed by atoms with van der Waals surface area (Å²) in [7, 11) is 5.52. The molecule has 0 aliphatic rings. The van der Waals surface area contributed by atoms with E-state index in [1.165, 1.54) is 89.9 Å². The first-order valence-corrected chi connectivity index (χ1v) is 22.1. The van der Waals surface area contributed by atoms with Crippen LogP contribution in [0.15, 0.2) is 36.5 Å². The van der Waals surface area contributed by atoms with Crippen LogP contribution in [-0.4, -0.2) is 80.6 Å². The lowest BCUT2D eigenvalue weighted by Gasteiger charge is -2.31. The summed E-state index contributed by atoms with van der Waals surface area (Å²) in [4.78, 5) is 36.9. The van der Waals surface area contributed by atoms with Gasteiger partial charge in [-0.3, -0.25) is 9.59 Å². The van der Waals surface area contributed by atoms with Gasteiger partial charge in [-0.15, -0.1) is 0 Å². The number of nitrogens with zero attached hydrogens (tertiary/aromatic N) is 1. The van der Waals surface area contributed by atoms with Gasteiger partial charge in [0.15, 0.2) is 12.1 Å². The number of allylic oxidation sites excluding steroid dienone is 6. The highest BCUT2D eigenvalue weighted by atomic mass is 16.6. The number of esters is 2. The molecule has 8 nitrogen and oxygen atoms in total. The Morgan fingerprint density at radius 3 is 1.52 bits per heavy atom. The van der Waals surface area contributed by atoms with Crippen LogP contribution in [0.2, 0.25) is 0 Å². The highest BCUT2D eigenvalue weighted by Crippen LogP contribution is 2.15. The molecule has 2 atom stereocenters. The van der Waals surface area contributed by atoms with Crippen molar-refractivity contribution in [3.63, 3.8) is 0 Å². The second kappa shape index (κ2) is 37.5. The Balaban J connectivity index is 4.33. The number of carboxylic acid groups (broad SMARTS) is 1. The van der Waals surface area contributed by atoms with Crippen molar-refractivity contribution in [1.29, 1.82) is 0 Å². The van der Waals surface area contributed by atoms with Crippen LogP contribution in [0.3, 0.4) is 0 Å². The molecule has 0 aromatic carbocycles. The third-order valence-electron chi connectivity index (χ3n) is 9.87. The van der Waals surface area contributed by atoms with Crippen LogP contribution in [0.1, 0.15) is 187 Å². The molecular weight excluding hydrogens is 679 g/mol. The van der Waals surface area contributed by atoms with Gasteiger partial charge in [0.2, 0.25) is 0 Å². The van der Waals surface area contributed by atoms with Gasteiger partial charge in [-0.25, -0.2) is 4.79 Å². The minimum absolute atomic E-state index is 0.0568. The van der Waals surface area contributed by atoms with E-state index in [0.29, 0.717) is 19.3 Å². The third kappa shape index (κ3) is 35.3. The van der Waals surface area contributed by atoms with Crippen molar-refractivity contribution < 1.29 is 38.2 Å². The number of carbonyl (C=O) groups excluding carboxylic acids is 2. The fraction of sp³-hybridized carbons (Fsp3) is 0.804. The molecule has 314 valence electrons.